The molecule has 3 rings (SSSR count). The standard InChI is InChI=1S/C22H29N5O6S/c1-15(28)22(2,3)13-26-11-9-17(10-12-26)33-21-19(27(29)30)20(23-14-24-21)25-16-5-7-18(8-6-16)34(4,31)32/h5-8,14,17H,9-13H2,1-4H3,(H,23,24,25). The fourth-order valence-corrected chi connectivity index (χ4v) is 4.27. The summed E-state index contributed by atoms with van der Waals surface area (Å²) in [5.74, 6) is -0.0472. The molecule has 2 aromatic rings. The number of sulfone groups is 1. The lowest BCUT2D eigenvalue weighted by Gasteiger charge is -2.36. The molecule has 1 saturated heterocycles. The number of anilines is 2. The number of benzene rings is 1. The smallest absolute Gasteiger partial charge is 0.373 e. The largest absolute Gasteiger partial charge is 0.469 e. The lowest BCUT2D eigenvalue weighted by atomic mass is 9.87. The van der Waals surface area contributed by atoms with Crippen LogP contribution in [-0.2, 0) is 14.6 Å². The van der Waals surface area contributed by atoms with Crippen LogP contribution in [0.3, 0.4) is 0 Å². The fourth-order valence-electron chi connectivity index (χ4n) is 3.64. The molecule has 0 radical (unpaired) electrons. The second kappa shape index (κ2) is 10.0. The summed E-state index contributed by atoms with van der Waals surface area (Å²) >= 11 is 0. The Bertz CT molecular complexity index is 1160. The minimum atomic E-state index is -3.36. The van der Waals surface area contributed by atoms with Gasteiger partial charge in [-0.3, -0.25) is 14.9 Å². The Labute approximate surface area is 198 Å². The topological polar surface area (TPSA) is 145 Å². The first-order valence-electron chi connectivity index (χ1n) is 10.8. The van der Waals surface area contributed by atoms with Gasteiger partial charge in [0.2, 0.25) is 5.82 Å². The number of Topliss-reactive ketones (excluding diaryl/α,β-unsaturated/α-hetero) is 1. The lowest BCUT2D eigenvalue weighted by Crippen LogP contribution is -2.44. The van der Waals surface area contributed by atoms with Gasteiger partial charge in [0.15, 0.2) is 9.84 Å². The molecule has 2 heterocycles. The van der Waals surface area contributed by atoms with E-state index in [4.69, 9.17) is 4.74 Å². The highest BCUT2D eigenvalue weighted by Crippen LogP contribution is 2.34. The summed E-state index contributed by atoms with van der Waals surface area (Å²) in [6.07, 6.45) is 3.31. The Morgan fingerprint density at radius 3 is 2.38 bits per heavy atom. The number of hydrogen-bond donors (Lipinski definition) is 1. The molecule has 1 aliphatic heterocycles. The number of likely N-dealkylation sites (tertiary alicyclic amines) is 1. The van der Waals surface area contributed by atoms with E-state index in [-0.39, 0.29) is 28.5 Å². The molecule has 1 N–H and O–H groups in total. The quantitative estimate of drug-likeness (QED) is 0.410. The van der Waals surface area contributed by atoms with E-state index in [1.165, 1.54) is 30.6 Å². The highest BCUT2D eigenvalue weighted by Gasteiger charge is 2.32. The molecule has 0 amide bonds. The van der Waals surface area contributed by atoms with E-state index < -0.39 is 25.9 Å². The first-order chi connectivity index (χ1) is 15.9. The summed E-state index contributed by atoms with van der Waals surface area (Å²) in [6.45, 7) is 7.50. The van der Waals surface area contributed by atoms with Crippen LogP contribution in [0.4, 0.5) is 17.2 Å². The Morgan fingerprint density at radius 1 is 1.24 bits per heavy atom. The highest BCUT2D eigenvalue weighted by molar-refractivity contribution is 7.90. The van der Waals surface area contributed by atoms with Gasteiger partial charge in [-0.1, -0.05) is 13.8 Å². The van der Waals surface area contributed by atoms with Crippen molar-refractivity contribution in [2.75, 3.05) is 31.2 Å². The molecule has 1 aromatic heterocycles. The molecule has 184 valence electrons. The van der Waals surface area contributed by atoms with E-state index in [1.807, 2.05) is 13.8 Å². The maximum Gasteiger partial charge on any atom is 0.373 e. The van der Waals surface area contributed by atoms with Gasteiger partial charge in [-0.25, -0.2) is 13.4 Å². The third-order valence-electron chi connectivity index (χ3n) is 5.90. The lowest BCUT2D eigenvalue weighted by molar-refractivity contribution is -0.385. The molecule has 0 atom stereocenters. The van der Waals surface area contributed by atoms with E-state index in [0.29, 0.717) is 38.2 Å². The van der Waals surface area contributed by atoms with E-state index in [9.17, 15) is 23.3 Å². The molecule has 0 bridgehead atoms. The number of nitrogens with one attached hydrogen (secondary N) is 1. The zero-order valence-electron chi connectivity index (χ0n) is 19.6. The normalized spacial score (nSPS) is 15.6. The van der Waals surface area contributed by atoms with Crippen molar-refractivity contribution >= 4 is 32.8 Å². The average molecular weight is 492 g/mol. The molecular weight excluding hydrogens is 462 g/mol. The molecule has 0 saturated carbocycles. The molecule has 1 fully saturated rings. The Morgan fingerprint density at radius 2 is 1.85 bits per heavy atom. The van der Waals surface area contributed by atoms with Crippen LogP contribution in [0.5, 0.6) is 5.88 Å². The molecule has 1 aliphatic rings. The van der Waals surface area contributed by atoms with Gasteiger partial charge in [-0.2, -0.15) is 4.98 Å². The number of hydrogen-bond acceptors (Lipinski definition) is 10. The van der Waals surface area contributed by atoms with Gasteiger partial charge in [0.25, 0.3) is 5.88 Å². The van der Waals surface area contributed by atoms with Gasteiger partial charge in [-0.15, -0.1) is 0 Å². The van der Waals surface area contributed by atoms with E-state index >= 15 is 0 Å². The number of piperidine rings is 1. The van der Waals surface area contributed by atoms with Crippen molar-refractivity contribution in [1.82, 2.24) is 14.9 Å². The van der Waals surface area contributed by atoms with Crippen LogP contribution in [0.1, 0.15) is 33.6 Å². The van der Waals surface area contributed by atoms with Crippen molar-refractivity contribution in [3.05, 3.63) is 40.7 Å². The van der Waals surface area contributed by atoms with Crippen LogP contribution in [0, 0.1) is 15.5 Å². The third-order valence-corrected chi connectivity index (χ3v) is 7.03. The predicted molar refractivity (Wildman–Crippen MR) is 126 cm³/mol. The number of aromatic nitrogens is 2. The van der Waals surface area contributed by atoms with Gasteiger partial charge in [0.05, 0.1) is 9.82 Å². The highest BCUT2D eigenvalue weighted by atomic mass is 32.2. The van der Waals surface area contributed by atoms with Crippen molar-refractivity contribution in [1.29, 1.82) is 0 Å². The predicted octanol–water partition coefficient (Wildman–Crippen LogP) is 2.99. The third kappa shape index (κ3) is 6.26. The zero-order valence-corrected chi connectivity index (χ0v) is 20.5. The number of ether oxygens (including phenoxy) is 1. The van der Waals surface area contributed by atoms with E-state index in [0.717, 1.165) is 6.26 Å². The van der Waals surface area contributed by atoms with Crippen LogP contribution in [0.25, 0.3) is 0 Å². The molecule has 11 nitrogen and oxygen atoms in total. The maximum atomic E-state index is 11.8. The number of carbonyl (C=O) groups excluding carboxylic acids is 1. The van der Waals surface area contributed by atoms with Gasteiger partial charge >= 0.3 is 5.69 Å². The summed E-state index contributed by atoms with van der Waals surface area (Å²) in [7, 11) is -3.36. The maximum absolute atomic E-state index is 11.8. The van der Waals surface area contributed by atoms with Crippen molar-refractivity contribution in [2.24, 2.45) is 5.41 Å². The van der Waals surface area contributed by atoms with E-state index in [2.05, 4.69) is 20.2 Å². The van der Waals surface area contributed by atoms with Gasteiger partial charge < -0.3 is 15.0 Å². The number of carbonyl (C=O) groups is 1. The minimum Gasteiger partial charge on any atom is -0.469 e. The second-order valence-corrected chi connectivity index (χ2v) is 11.1. The number of nitro groups is 1. The molecule has 1 aromatic carbocycles. The van der Waals surface area contributed by atoms with E-state index in [1.54, 1.807) is 6.92 Å². The Balaban J connectivity index is 1.71. The van der Waals surface area contributed by atoms with Crippen LogP contribution in [0.2, 0.25) is 0 Å². The SMILES string of the molecule is CC(=O)C(C)(C)CN1CCC(Oc2ncnc(Nc3ccc(S(C)(=O)=O)cc3)c2[N+](=O)[O-])CC1. The number of rotatable bonds is 9. The molecule has 0 unspecified atom stereocenters. The molecular formula is C22H29N5O6S. The van der Waals surface area contributed by atoms with Crippen LogP contribution in [0.15, 0.2) is 35.5 Å². The van der Waals surface area contributed by atoms with Crippen molar-refractivity contribution in [2.45, 2.75) is 44.6 Å². The first-order valence-corrected chi connectivity index (χ1v) is 12.7. The van der Waals surface area contributed by atoms with Crippen LogP contribution < -0.4 is 10.1 Å². The minimum absolute atomic E-state index is 0.0530. The van der Waals surface area contributed by atoms with Crippen LogP contribution in [-0.4, -0.2) is 66.0 Å². The summed E-state index contributed by atoms with van der Waals surface area (Å²) in [5.41, 5.74) is -0.393. The molecule has 12 heteroatoms. The van der Waals surface area contributed by atoms with Crippen molar-refractivity contribution in [3.63, 3.8) is 0 Å². The molecule has 0 spiro atoms. The van der Waals surface area contributed by atoms with Gasteiger partial charge in [-0.05, 0) is 44.0 Å². The second-order valence-electron chi connectivity index (χ2n) is 9.09. The Kier molecular flexibility index (Phi) is 7.51. The summed E-state index contributed by atoms with van der Waals surface area (Å²) < 4.78 is 29.2. The molecule has 34 heavy (non-hydrogen) atoms. The average Bonchev–Trinajstić information content (AvgIpc) is 2.74. The van der Waals surface area contributed by atoms with Crippen molar-refractivity contribution in [3.8, 4) is 5.88 Å². The fraction of sp³-hybridized carbons (Fsp3) is 0.500. The summed E-state index contributed by atoms with van der Waals surface area (Å²) in [6, 6.07) is 5.81. The zero-order chi connectivity index (χ0) is 25.1. The van der Waals surface area contributed by atoms with Gasteiger partial charge in [0.1, 0.15) is 18.2 Å². The van der Waals surface area contributed by atoms with Crippen molar-refractivity contribution < 1.29 is 22.9 Å². The van der Waals surface area contributed by atoms with Crippen LogP contribution >= 0.6 is 0 Å². The number of nitrogens with zero attached hydrogens (tertiary/aromatic N) is 4. The number of ketones is 1. The summed E-state index contributed by atoms with van der Waals surface area (Å²) in [4.78, 5) is 33.3. The first kappa shape index (κ1) is 25.5. The summed E-state index contributed by atoms with van der Waals surface area (Å²) in [5, 5.41) is 14.7. The Hall–Kier alpha value is -3.12. The molecule has 0 aliphatic carbocycles. The monoisotopic (exact) mass is 491 g/mol. The van der Waals surface area contributed by atoms with Gasteiger partial charge in [0, 0.05) is 37.0 Å².